The van der Waals surface area contributed by atoms with E-state index in [1.807, 2.05) is 11.9 Å². The predicted octanol–water partition coefficient (Wildman–Crippen LogP) is 0.566. The maximum Gasteiger partial charge on any atom is 0.307 e. The van der Waals surface area contributed by atoms with Crippen molar-refractivity contribution in [3.63, 3.8) is 0 Å². The highest BCUT2D eigenvalue weighted by molar-refractivity contribution is 5.76. The number of nitrogens with zero attached hydrogens (tertiary/aromatic N) is 2. The molecule has 0 aromatic rings. The summed E-state index contributed by atoms with van der Waals surface area (Å²) >= 11 is 0. The molecule has 1 rings (SSSR count). The minimum Gasteiger partial charge on any atom is -0.481 e. The smallest absolute Gasteiger partial charge is 0.307 e. The molecule has 1 atom stereocenters. The van der Waals surface area contributed by atoms with Crippen molar-refractivity contribution in [3.8, 4) is 0 Å². The lowest BCUT2D eigenvalue weighted by molar-refractivity contribution is -0.160. The lowest BCUT2D eigenvalue weighted by Crippen LogP contribution is -2.52. The first kappa shape index (κ1) is 12.0. The van der Waals surface area contributed by atoms with E-state index >= 15 is 0 Å². The number of carbonyl (C=O) groups excluding carboxylic acids is 1. The molecule has 0 bridgehead atoms. The molecule has 86 valence electrons. The fourth-order valence-corrected chi connectivity index (χ4v) is 1.78. The lowest BCUT2D eigenvalue weighted by atomic mass is 10.1. The van der Waals surface area contributed by atoms with Gasteiger partial charge in [0.1, 0.15) is 0 Å². The normalized spacial score (nSPS) is 20.4. The van der Waals surface area contributed by atoms with Gasteiger partial charge in [0.2, 0.25) is 5.91 Å². The van der Waals surface area contributed by atoms with E-state index in [2.05, 4.69) is 0 Å². The second-order valence-corrected chi connectivity index (χ2v) is 3.86. The molecule has 1 unspecified atom stereocenters. The van der Waals surface area contributed by atoms with Crippen molar-refractivity contribution in [1.82, 2.24) is 10.0 Å². The summed E-state index contributed by atoms with van der Waals surface area (Å²) in [5, 5.41) is 12.3. The van der Waals surface area contributed by atoms with Crippen LogP contribution < -0.4 is 0 Å². The number of aliphatic carboxylic acids is 1. The van der Waals surface area contributed by atoms with Crippen molar-refractivity contribution in [2.45, 2.75) is 26.7 Å². The fraction of sp³-hybridized carbons (Fsp3) is 0.800. The first-order chi connectivity index (χ1) is 7.06. The van der Waals surface area contributed by atoms with Gasteiger partial charge in [0.25, 0.3) is 0 Å². The van der Waals surface area contributed by atoms with Crippen molar-refractivity contribution in [2.75, 3.05) is 19.6 Å². The van der Waals surface area contributed by atoms with Gasteiger partial charge in [-0.1, -0.05) is 6.92 Å². The average molecular weight is 214 g/mol. The Bertz CT molecular complexity index is 255. The Labute approximate surface area is 89.6 Å². The molecule has 1 heterocycles. The molecule has 1 N–H and O–H groups in total. The van der Waals surface area contributed by atoms with Crippen LogP contribution in [0.2, 0.25) is 0 Å². The van der Waals surface area contributed by atoms with Crippen LogP contribution in [0.3, 0.4) is 0 Å². The second-order valence-electron chi connectivity index (χ2n) is 3.86. The molecule has 1 saturated heterocycles. The van der Waals surface area contributed by atoms with E-state index in [1.165, 1.54) is 0 Å². The van der Waals surface area contributed by atoms with Gasteiger partial charge in [-0.25, -0.2) is 5.01 Å². The van der Waals surface area contributed by atoms with Crippen LogP contribution in [0, 0.1) is 5.92 Å². The van der Waals surface area contributed by atoms with E-state index in [1.54, 1.807) is 11.9 Å². The van der Waals surface area contributed by atoms with E-state index in [9.17, 15) is 9.59 Å². The first-order valence-corrected chi connectivity index (χ1v) is 5.34. The van der Waals surface area contributed by atoms with Crippen molar-refractivity contribution in [1.29, 1.82) is 0 Å². The topological polar surface area (TPSA) is 60.9 Å². The van der Waals surface area contributed by atoms with Crippen LogP contribution in [0.25, 0.3) is 0 Å². The van der Waals surface area contributed by atoms with Gasteiger partial charge in [0.05, 0.1) is 5.92 Å². The molecule has 1 fully saturated rings. The maximum atomic E-state index is 11.5. The molecule has 0 aliphatic carbocycles. The Morgan fingerprint density at radius 2 is 2.27 bits per heavy atom. The Hall–Kier alpha value is -1.10. The molecule has 1 aliphatic heterocycles. The average Bonchev–Trinajstić information content (AvgIpc) is 2.18. The molecule has 5 heteroatoms. The van der Waals surface area contributed by atoms with Crippen LogP contribution >= 0.6 is 0 Å². The third-order valence-electron chi connectivity index (χ3n) is 2.64. The monoisotopic (exact) mass is 214 g/mol. The number of hydrogen-bond acceptors (Lipinski definition) is 3. The highest BCUT2D eigenvalue weighted by Gasteiger charge is 2.27. The molecule has 0 aromatic carbocycles. The first-order valence-electron chi connectivity index (χ1n) is 5.34. The molecule has 1 amide bonds. The summed E-state index contributed by atoms with van der Waals surface area (Å²) < 4.78 is 0. The van der Waals surface area contributed by atoms with Crippen molar-refractivity contribution in [2.24, 2.45) is 5.92 Å². The van der Waals surface area contributed by atoms with E-state index < -0.39 is 11.9 Å². The molecule has 1 aliphatic rings. The quantitative estimate of drug-likeness (QED) is 0.743. The van der Waals surface area contributed by atoms with Crippen molar-refractivity contribution < 1.29 is 14.7 Å². The third kappa shape index (κ3) is 2.92. The Kier molecular flexibility index (Phi) is 4.08. The summed E-state index contributed by atoms with van der Waals surface area (Å²) in [5.74, 6) is -1.16. The lowest BCUT2D eigenvalue weighted by Gasteiger charge is -2.38. The van der Waals surface area contributed by atoms with E-state index in [0.717, 1.165) is 13.0 Å². The minimum absolute atomic E-state index is 0.0985. The van der Waals surface area contributed by atoms with Gasteiger partial charge in [0, 0.05) is 26.1 Å². The Morgan fingerprint density at radius 1 is 1.60 bits per heavy atom. The number of carboxylic acid groups (broad SMARTS) is 1. The molecular formula is C10H18N2O3. The highest BCUT2D eigenvalue weighted by atomic mass is 16.4. The zero-order chi connectivity index (χ0) is 11.4. The van der Waals surface area contributed by atoms with Crippen LogP contribution in [0.1, 0.15) is 26.7 Å². The van der Waals surface area contributed by atoms with Gasteiger partial charge in [-0.05, 0) is 13.3 Å². The highest BCUT2D eigenvalue weighted by Crippen LogP contribution is 2.14. The summed E-state index contributed by atoms with van der Waals surface area (Å²) in [4.78, 5) is 22.2. The number of hydrazine groups is 1. The molecule has 0 saturated carbocycles. The summed E-state index contributed by atoms with van der Waals surface area (Å²) in [7, 11) is 0. The Morgan fingerprint density at radius 3 is 2.80 bits per heavy atom. The largest absolute Gasteiger partial charge is 0.481 e. The van der Waals surface area contributed by atoms with Gasteiger partial charge >= 0.3 is 5.97 Å². The summed E-state index contributed by atoms with van der Waals surface area (Å²) in [6.45, 7) is 5.37. The second kappa shape index (κ2) is 5.11. The van der Waals surface area contributed by atoms with Crippen LogP contribution in [-0.4, -0.2) is 46.6 Å². The number of carboxylic acids is 1. The summed E-state index contributed by atoms with van der Waals surface area (Å²) in [6.07, 6.45) is 1.40. The van der Waals surface area contributed by atoms with Crippen molar-refractivity contribution in [3.05, 3.63) is 0 Å². The maximum absolute atomic E-state index is 11.5. The molecule has 15 heavy (non-hydrogen) atoms. The standard InChI is InChI=1S/C10H18N2O3/c1-3-12-9(13)5-4-6-11(12)7-8(2)10(14)15/h8H,3-7H2,1-2H3,(H,14,15). The zero-order valence-electron chi connectivity index (χ0n) is 9.27. The van der Waals surface area contributed by atoms with Crippen LogP contribution in [-0.2, 0) is 9.59 Å². The Balaban J connectivity index is 2.58. The van der Waals surface area contributed by atoms with Gasteiger partial charge in [-0.2, -0.15) is 0 Å². The molecule has 5 nitrogen and oxygen atoms in total. The van der Waals surface area contributed by atoms with Crippen LogP contribution in [0.15, 0.2) is 0 Å². The number of hydrogen-bond donors (Lipinski definition) is 1. The zero-order valence-corrected chi connectivity index (χ0v) is 9.27. The van der Waals surface area contributed by atoms with E-state index in [-0.39, 0.29) is 5.91 Å². The molecular weight excluding hydrogens is 196 g/mol. The van der Waals surface area contributed by atoms with Gasteiger partial charge in [0.15, 0.2) is 0 Å². The molecule has 0 aromatic heterocycles. The van der Waals surface area contributed by atoms with E-state index in [4.69, 9.17) is 5.11 Å². The van der Waals surface area contributed by atoms with E-state index in [0.29, 0.717) is 19.5 Å². The van der Waals surface area contributed by atoms with Gasteiger partial charge in [-0.3, -0.25) is 14.6 Å². The minimum atomic E-state index is -0.816. The number of amides is 1. The molecule has 0 spiro atoms. The summed E-state index contributed by atoms with van der Waals surface area (Å²) in [6, 6.07) is 0. The fourth-order valence-electron chi connectivity index (χ4n) is 1.78. The number of rotatable bonds is 4. The predicted molar refractivity (Wildman–Crippen MR) is 55.0 cm³/mol. The van der Waals surface area contributed by atoms with Gasteiger partial charge in [-0.15, -0.1) is 0 Å². The van der Waals surface area contributed by atoms with Crippen LogP contribution in [0.5, 0.6) is 0 Å². The summed E-state index contributed by atoms with van der Waals surface area (Å²) in [5.41, 5.74) is 0. The SMILES string of the molecule is CCN1C(=O)CCCN1CC(C)C(=O)O. The molecule has 0 radical (unpaired) electrons. The van der Waals surface area contributed by atoms with Gasteiger partial charge < -0.3 is 5.11 Å². The van der Waals surface area contributed by atoms with Crippen LogP contribution in [0.4, 0.5) is 0 Å². The third-order valence-corrected chi connectivity index (χ3v) is 2.64. The number of carbonyl (C=O) groups is 2. The van der Waals surface area contributed by atoms with Crippen molar-refractivity contribution >= 4 is 11.9 Å².